The van der Waals surface area contributed by atoms with E-state index < -0.39 is 28.0 Å². The number of nitro benzene ring substituents is 1. The molecule has 0 radical (unpaired) electrons. The van der Waals surface area contributed by atoms with E-state index in [0.717, 1.165) is 38.5 Å². The average molecular weight is 377 g/mol. The summed E-state index contributed by atoms with van der Waals surface area (Å²) in [6.07, 6.45) is 3.53. The highest BCUT2D eigenvalue weighted by molar-refractivity contribution is 6.02. The van der Waals surface area contributed by atoms with Crippen LogP contribution in [-0.2, 0) is 9.53 Å². The molecular weight excluding hydrogens is 354 g/mol. The number of methoxy groups -OCH3 is 1. The summed E-state index contributed by atoms with van der Waals surface area (Å²) in [5, 5.41) is 16.6. The van der Waals surface area contributed by atoms with E-state index in [9.17, 15) is 24.5 Å². The van der Waals surface area contributed by atoms with E-state index in [1.54, 1.807) is 6.92 Å². The van der Waals surface area contributed by atoms with E-state index in [4.69, 9.17) is 0 Å². The van der Waals surface area contributed by atoms with Crippen molar-refractivity contribution in [2.75, 3.05) is 13.7 Å². The van der Waals surface area contributed by atoms with Crippen molar-refractivity contribution >= 4 is 23.5 Å². The second kappa shape index (κ2) is 8.61. The lowest BCUT2D eigenvalue weighted by Crippen LogP contribution is -2.59. The van der Waals surface area contributed by atoms with E-state index in [1.807, 2.05) is 0 Å². The first-order valence-corrected chi connectivity index (χ1v) is 8.81. The number of nitro groups is 1. The molecule has 0 spiro atoms. The SMILES string of the molecule is CCNC(=O)C1(NC(=O)c2cc(C(=O)OC)cc([N+](=O)[O-])c2)CCCCC1. The normalized spacial score (nSPS) is 15.5. The monoisotopic (exact) mass is 377 g/mol. The molecule has 1 fully saturated rings. The predicted molar refractivity (Wildman–Crippen MR) is 96.4 cm³/mol. The third-order valence-electron chi connectivity index (χ3n) is 4.64. The molecular formula is C18H23N3O6. The number of nitrogens with one attached hydrogen (secondary N) is 2. The number of hydrogen-bond acceptors (Lipinski definition) is 6. The number of esters is 1. The number of rotatable bonds is 6. The molecule has 1 aromatic carbocycles. The summed E-state index contributed by atoms with van der Waals surface area (Å²) < 4.78 is 4.59. The Kier molecular flexibility index (Phi) is 6.49. The van der Waals surface area contributed by atoms with Crippen molar-refractivity contribution in [1.82, 2.24) is 10.6 Å². The molecule has 2 N–H and O–H groups in total. The maximum absolute atomic E-state index is 12.8. The van der Waals surface area contributed by atoms with E-state index >= 15 is 0 Å². The Morgan fingerprint density at radius 1 is 1.15 bits per heavy atom. The van der Waals surface area contributed by atoms with E-state index in [-0.39, 0.29) is 17.0 Å². The molecule has 9 nitrogen and oxygen atoms in total. The Bertz CT molecular complexity index is 755. The Labute approximate surface area is 156 Å². The molecule has 1 aliphatic rings. The van der Waals surface area contributed by atoms with Crippen LogP contribution in [0.15, 0.2) is 18.2 Å². The van der Waals surface area contributed by atoms with Crippen LogP contribution in [0, 0.1) is 10.1 Å². The van der Waals surface area contributed by atoms with Gasteiger partial charge in [0.25, 0.3) is 11.6 Å². The van der Waals surface area contributed by atoms with E-state index in [1.165, 1.54) is 6.07 Å². The van der Waals surface area contributed by atoms with Gasteiger partial charge in [0.05, 0.1) is 17.6 Å². The third kappa shape index (κ3) is 4.60. The van der Waals surface area contributed by atoms with E-state index in [0.29, 0.717) is 19.4 Å². The third-order valence-corrected chi connectivity index (χ3v) is 4.64. The summed E-state index contributed by atoms with van der Waals surface area (Å²) in [7, 11) is 1.15. The Morgan fingerprint density at radius 3 is 2.33 bits per heavy atom. The van der Waals surface area contributed by atoms with Crippen LogP contribution < -0.4 is 10.6 Å². The van der Waals surface area contributed by atoms with Gasteiger partial charge < -0.3 is 15.4 Å². The average Bonchev–Trinajstić information content (AvgIpc) is 2.67. The van der Waals surface area contributed by atoms with Crippen LogP contribution >= 0.6 is 0 Å². The van der Waals surface area contributed by atoms with Crippen LogP contribution in [0.3, 0.4) is 0 Å². The fourth-order valence-corrected chi connectivity index (χ4v) is 3.27. The summed E-state index contributed by atoms with van der Waals surface area (Å²) in [5.74, 6) is -1.70. The van der Waals surface area contributed by atoms with Crippen LogP contribution in [0.5, 0.6) is 0 Å². The van der Waals surface area contributed by atoms with Crippen molar-refractivity contribution in [2.24, 2.45) is 0 Å². The fourth-order valence-electron chi connectivity index (χ4n) is 3.27. The summed E-state index contributed by atoms with van der Waals surface area (Å²) in [6, 6.07) is 3.35. The van der Waals surface area contributed by atoms with Crippen molar-refractivity contribution < 1.29 is 24.0 Å². The standard InChI is InChI=1S/C18H23N3O6/c1-3-19-17(24)18(7-5-4-6-8-18)20-15(22)12-9-13(16(23)27-2)11-14(10-12)21(25)26/h9-11H,3-8H2,1-2H3,(H,19,24)(H,20,22). The van der Waals surface area contributed by atoms with Gasteiger partial charge in [-0.25, -0.2) is 4.79 Å². The Hall–Kier alpha value is -2.97. The first-order chi connectivity index (χ1) is 12.8. The largest absolute Gasteiger partial charge is 0.465 e. The summed E-state index contributed by atoms with van der Waals surface area (Å²) in [4.78, 5) is 47.6. The minimum atomic E-state index is -1.05. The topological polar surface area (TPSA) is 128 Å². The van der Waals surface area contributed by atoms with Crippen molar-refractivity contribution in [3.63, 3.8) is 0 Å². The molecule has 27 heavy (non-hydrogen) atoms. The number of benzene rings is 1. The molecule has 1 aromatic rings. The number of amides is 2. The van der Waals surface area contributed by atoms with Gasteiger partial charge in [0.2, 0.25) is 5.91 Å². The van der Waals surface area contributed by atoms with Crippen LogP contribution in [0.4, 0.5) is 5.69 Å². The number of carbonyl (C=O) groups excluding carboxylic acids is 3. The van der Waals surface area contributed by atoms with Crippen molar-refractivity contribution in [3.8, 4) is 0 Å². The van der Waals surface area contributed by atoms with Crippen LogP contribution in [0.1, 0.15) is 59.7 Å². The molecule has 0 bridgehead atoms. The molecule has 2 rings (SSSR count). The predicted octanol–water partition coefficient (Wildman–Crippen LogP) is 1.95. The smallest absolute Gasteiger partial charge is 0.338 e. The molecule has 0 aromatic heterocycles. The number of hydrogen-bond donors (Lipinski definition) is 2. The summed E-state index contributed by atoms with van der Waals surface area (Å²) in [5.41, 5.74) is -1.63. The highest BCUT2D eigenvalue weighted by Crippen LogP contribution is 2.29. The lowest BCUT2D eigenvalue weighted by Gasteiger charge is -2.36. The van der Waals surface area contributed by atoms with Crippen LogP contribution in [0.2, 0.25) is 0 Å². The molecule has 0 aliphatic heterocycles. The van der Waals surface area contributed by atoms with Gasteiger partial charge in [-0.05, 0) is 25.8 Å². The molecule has 9 heteroatoms. The van der Waals surface area contributed by atoms with Crippen LogP contribution in [-0.4, -0.2) is 41.9 Å². The quantitative estimate of drug-likeness (QED) is 0.443. The lowest BCUT2D eigenvalue weighted by molar-refractivity contribution is -0.384. The number of nitrogens with zero attached hydrogens (tertiary/aromatic N) is 1. The number of likely N-dealkylation sites (N-methyl/N-ethyl adjacent to an activating group) is 1. The van der Waals surface area contributed by atoms with Crippen molar-refractivity contribution in [2.45, 2.75) is 44.6 Å². The zero-order chi connectivity index (χ0) is 20.0. The summed E-state index contributed by atoms with van der Waals surface area (Å²) >= 11 is 0. The lowest BCUT2D eigenvalue weighted by atomic mass is 9.80. The Balaban J connectivity index is 2.37. The first-order valence-electron chi connectivity index (χ1n) is 8.81. The molecule has 0 saturated heterocycles. The molecule has 0 unspecified atom stereocenters. The van der Waals surface area contributed by atoms with Crippen molar-refractivity contribution in [1.29, 1.82) is 0 Å². The number of ether oxygens (including phenoxy) is 1. The Morgan fingerprint density at radius 2 is 1.78 bits per heavy atom. The maximum Gasteiger partial charge on any atom is 0.338 e. The second-order valence-electron chi connectivity index (χ2n) is 6.47. The van der Waals surface area contributed by atoms with Gasteiger partial charge in [0.15, 0.2) is 0 Å². The van der Waals surface area contributed by atoms with Crippen LogP contribution in [0.25, 0.3) is 0 Å². The molecule has 2 amide bonds. The first kappa shape index (κ1) is 20.3. The minimum absolute atomic E-state index is 0.0705. The van der Waals surface area contributed by atoms with E-state index in [2.05, 4.69) is 15.4 Å². The van der Waals surface area contributed by atoms with Crippen molar-refractivity contribution in [3.05, 3.63) is 39.4 Å². The molecule has 1 aliphatic carbocycles. The van der Waals surface area contributed by atoms with Gasteiger partial charge in [-0.1, -0.05) is 19.3 Å². The van der Waals surface area contributed by atoms with Gasteiger partial charge >= 0.3 is 5.97 Å². The highest BCUT2D eigenvalue weighted by atomic mass is 16.6. The molecule has 146 valence electrons. The molecule has 0 heterocycles. The maximum atomic E-state index is 12.8. The zero-order valence-corrected chi connectivity index (χ0v) is 15.4. The fraction of sp³-hybridized carbons (Fsp3) is 0.500. The van der Waals surface area contributed by atoms with Gasteiger partial charge in [0.1, 0.15) is 5.54 Å². The van der Waals surface area contributed by atoms with Gasteiger partial charge in [0, 0.05) is 24.2 Å². The molecule has 1 saturated carbocycles. The zero-order valence-electron chi connectivity index (χ0n) is 15.4. The molecule has 0 atom stereocenters. The summed E-state index contributed by atoms with van der Waals surface area (Å²) in [6.45, 7) is 2.22. The highest BCUT2D eigenvalue weighted by Gasteiger charge is 2.40. The minimum Gasteiger partial charge on any atom is -0.465 e. The second-order valence-corrected chi connectivity index (χ2v) is 6.47. The number of carbonyl (C=O) groups is 3. The number of non-ortho nitro benzene ring substituents is 1. The van der Waals surface area contributed by atoms with Gasteiger partial charge in [-0.2, -0.15) is 0 Å². The van der Waals surface area contributed by atoms with Gasteiger partial charge in [-0.3, -0.25) is 19.7 Å². The van der Waals surface area contributed by atoms with Gasteiger partial charge in [-0.15, -0.1) is 0 Å².